The van der Waals surface area contributed by atoms with Crippen LogP contribution in [0.1, 0.15) is 26.7 Å². The van der Waals surface area contributed by atoms with Gasteiger partial charge in [-0.25, -0.2) is 4.99 Å². The second kappa shape index (κ2) is 8.47. The summed E-state index contributed by atoms with van der Waals surface area (Å²) in [7, 11) is 0. The van der Waals surface area contributed by atoms with Crippen molar-refractivity contribution in [3.63, 3.8) is 0 Å². The van der Waals surface area contributed by atoms with Crippen molar-refractivity contribution in [1.82, 2.24) is 15.1 Å². The zero-order valence-corrected chi connectivity index (χ0v) is 13.5. The van der Waals surface area contributed by atoms with Crippen LogP contribution >= 0.6 is 15.9 Å². The van der Waals surface area contributed by atoms with Crippen LogP contribution in [-0.4, -0.2) is 29.8 Å². The van der Waals surface area contributed by atoms with Crippen molar-refractivity contribution in [3.8, 4) is 0 Å². The van der Waals surface area contributed by atoms with Gasteiger partial charge in [-0.1, -0.05) is 13.8 Å². The molecule has 0 fully saturated rings. The van der Waals surface area contributed by atoms with Crippen LogP contribution in [0.15, 0.2) is 38.5 Å². The highest BCUT2D eigenvalue weighted by molar-refractivity contribution is 9.10. The SMILES string of the molecule is C=N/C=C(\CC)CN/C(=C/CC)n1ncc(Br)c1N=C. The molecule has 6 heteroatoms. The fraction of sp³-hybridized carbons (Fsp3) is 0.357. The maximum Gasteiger partial charge on any atom is 0.171 e. The first-order valence-corrected chi connectivity index (χ1v) is 7.25. The Hall–Kier alpha value is -1.69. The van der Waals surface area contributed by atoms with E-state index in [9.17, 15) is 0 Å². The molecule has 0 aliphatic rings. The van der Waals surface area contributed by atoms with E-state index < -0.39 is 0 Å². The molecule has 0 saturated carbocycles. The van der Waals surface area contributed by atoms with Crippen molar-refractivity contribution in [2.75, 3.05) is 6.54 Å². The third-order valence-electron chi connectivity index (χ3n) is 2.70. The van der Waals surface area contributed by atoms with Gasteiger partial charge in [0, 0.05) is 12.7 Å². The lowest BCUT2D eigenvalue weighted by Gasteiger charge is -2.13. The minimum Gasteiger partial charge on any atom is -0.366 e. The van der Waals surface area contributed by atoms with Crippen molar-refractivity contribution in [2.24, 2.45) is 9.98 Å². The normalized spacial score (nSPS) is 12.3. The molecule has 0 aromatic carbocycles. The average molecular weight is 338 g/mol. The Morgan fingerprint density at radius 2 is 2.25 bits per heavy atom. The predicted octanol–water partition coefficient (Wildman–Crippen LogP) is 3.77. The number of halogens is 1. The summed E-state index contributed by atoms with van der Waals surface area (Å²) in [6.07, 6.45) is 7.35. The minimum atomic E-state index is 0.682. The number of nitrogens with one attached hydrogen (secondary N) is 1. The molecule has 20 heavy (non-hydrogen) atoms. The van der Waals surface area contributed by atoms with E-state index in [0.29, 0.717) is 12.4 Å². The van der Waals surface area contributed by atoms with E-state index in [0.717, 1.165) is 23.1 Å². The second-order valence-electron chi connectivity index (χ2n) is 4.06. The molecule has 5 nitrogen and oxygen atoms in total. The largest absolute Gasteiger partial charge is 0.366 e. The number of hydrogen-bond donors (Lipinski definition) is 1. The highest BCUT2D eigenvalue weighted by atomic mass is 79.9. The molecule has 1 rings (SSSR count). The predicted molar refractivity (Wildman–Crippen MR) is 89.6 cm³/mol. The smallest absolute Gasteiger partial charge is 0.171 e. The van der Waals surface area contributed by atoms with Gasteiger partial charge in [0.2, 0.25) is 0 Å². The van der Waals surface area contributed by atoms with Crippen LogP contribution in [0.4, 0.5) is 5.82 Å². The second-order valence-corrected chi connectivity index (χ2v) is 4.92. The van der Waals surface area contributed by atoms with E-state index in [2.05, 4.69) is 69.7 Å². The molecular formula is C14H20BrN5. The lowest BCUT2D eigenvalue weighted by Crippen LogP contribution is -2.20. The summed E-state index contributed by atoms with van der Waals surface area (Å²) in [5, 5.41) is 7.66. The van der Waals surface area contributed by atoms with Crippen LogP contribution in [0.2, 0.25) is 0 Å². The van der Waals surface area contributed by atoms with Gasteiger partial charge in [0.25, 0.3) is 0 Å². The number of hydrogen-bond acceptors (Lipinski definition) is 4. The quantitative estimate of drug-likeness (QED) is 0.734. The molecule has 1 aromatic rings. The highest BCUT2D eigenvalue weighted by Gasteiger charge is 2.10. The molecule has 1 N–H and O–H groups in total. The van der Waals surface area contributed by atoms with Gasteiger partial charge in [0.1, 0.15) is 5.82 Å². The number of aromatic nitrogens is 2. The van der Waals surface area contributed by atoms with E-state index in [1.807, 2.05) is 0 Å². The monoisotopic (exact) mass is 337 g/mol. The zero-order valence-electron chi connectivity index (χ0n) is 11.9. The molecule has 1 aromatic heterocycles. The lowest BCUT2D eigenvalue weighted by atomic mass is 10.2. The summed E-state index contributed by atoms with van der Waals surface area (Å²) in [5.41, 5.74) is 1.17. The first kappa shape index (κ1) is 16.4. The maximum atomic E-state index is 4.31. The van der Waals surface area contributed by atoms with Crippen molar-refractivity contribution in [1.29, 1.82) is 0 Å². The Morgan fingerprint density at radius 3 is 2.80 bits per heavy atom. The Labute approximate surface area is 128 Å². The van der Waals surface area contributed by atoms with Gasteiger partial charge in [-0.3, -0.25) is 4.99 Å². The Kier molecular flexibility index (Phi) is 6.93. The molecule has 0 aliphatic carbocycles. The van der Waals surface area contributed by atoms with Crippen molar-refractivity contribution >= 4 is 41.0 Å². The molecule has 0 atom stereocenters. The van der Waals surface area contributed by atoms with E-state index in [-0.39, 0.29) is 0 Å². The van der Waals surface area contributed by atoms with E-state index in [4.69, 9.17) is 0 Å². The van der Waals surface area contributed by atoms with Crippen molar-refractivity contribution in [3.05, 3.63) is 28.5 Å². The summed E-state index contributed by atoms with van der Waals surface area (Å²) < 4.78 is 2.55. The summed E-state index contributed by atoms with van der Waals surface area (Å²) in [6.45, 7) is 11.9. The van der Waals surface area contributed by atoms with Crippen LogP contribution in [0.5, 0.6) is 0 Å². The van der Waals surface area contributed by atoms with Gasteiger partial charge in [-0.05, 0) is 53.9 Å². The first-order chi connectivity index (χ1) is 9.67. The molecule has 1 heterocycles. The van der Waals surface area contributed by atoms with Crippen molar-refractivity contribution < 1.29 is 0 Å². The third-order valence-corrected chi connectivity index (χ3v) is 3.26. The van der Waals surface area contributed by atoms with E-state index in [1.165, 1.54) is 5.57 Å². The van der Waals surface area contributed by atoms with Crippen LogP contribution in [-0.2, 0) is 0 Å². The molecular weight excluding hydrogens is 318 g/mol. The standard InChI is InChI=1S/C14H20BrN5/c1-5-7-13(18-9-11(6-2)8-16-3)20-14(17-4)12(15)10-19-20/h7-8,10,18H,3-6,9H2,1-2H3/b11-8+,13-7-. The average Bonchev–Trinajstić information content (AvgIpc) is 2.82. The summed E-state index contributed by atoms with van der Waals surface area (Å²) >= 11 is 3.41. The zero-order chi connectivity index (χ0) is 15.0. The maximum absolute atomic E-state index is 4.31. The highest BCUT2D eigenvalue weighted by Crippen LogP contribution is 2.26. The minimum absolute atomic E-state index is 0.682. The molecule has 0 bridgehead atoms. The number of nitrogens with zero attached hydrogens (tertiary/aromatic N) is 4. The molecule has 0 aliphatic heterocycles. The van der Waals surface area contributed by atoms with Gasteiger partial charge in [0.05, 0.1) is 10.7 Å². The number of rotatable bonds is 8. The molecule has 0 radical (unpaired) electrons. The van der Waals surface area contributed by atoms with Crippen LogP contribution in [0.3, 0.4) is 0 Å². The fourth-order valence-corrected chi connectivity index (χ4v) is 2.05. The Morgan fingerprint density at radius 1 is 1.50 bits per heavy atom. The number of allylic oxidation sites excluding steroid dienone is 1. The summed E-state index contributed by atoms with van der Waals surface area (Å²) in [6, 6.07) is 0. The van der Waals surface area contributed by atoms with Gasteiger partial charge < -0.3 is 5.32 Å². The topological polar surface area (TPSA) is 54.6 Å². The molecule has 0 amide bonds. The van der Waals surface area contributed by atoms with Crippen LogP contribution in [0, 0.1) is 0 Å². The number of aliphatic imine (C=N–C) groups is 2. The Balaban J connectivity index is 2.96. The van der Waals surface area contributed by atoms with Crippen LogP contribution in [0.25, 0.3) is 5.82 Å². The molecule has 0 spiro atoms. The van der Waals surface area contributed by atoms with Gasteiger partial charge in [-0.2, -0.15) is 9.78 Å². The van der Waals surface area contributed by atoms with Gasteiger partial charge in [-0.15, -0.1) is 0 Å². The van der Waals surface area contributed by atoms with Gasteiger partial charge in [0.15, 0.2) is 5.82 Å². The molecule has 0 unspecified atom stereocenters. The summed E-state index contributed by atoms with van der Waals surface area (Å²) in [5.74, 6) is 1.56. The lowest BCUT2D eigenvalue weighted by molar-refractivity contribution is 0.785. The third kappa shape index (κ3) is 4.16. The fourth-order valence-electron chi connectivity index (χ4n) is 1.66. The van der Waals surface area contributed by atoms with Crippen LogP contribution < -0.4 is 5.32 Å². The first-order valence-electron chi connectivity index (χ1n) is 6.46. The van der Waals surface area contributed by atoms with E-state index >= 15 is 0 Å². The summed E-state index contributed by atoms with van der Waals surface area (Å²) in [4.78, 5) is 7.81. The van der Waals surface area contributed by atoms with E-state index in [1.54, 1.807) is 17.1 Å². The van der Waals surface area contributed by atoms with Gasteiger partial charge >= 0.3 is 0 Å². The Bertz CT molecular complexity index is 528. The van der Waals surface area contributed by atoms with Crippen molar-refractivity contribution in [2.45, 2.75) is 26.7 Å². The molecule has 108 valence electrons. The molecule has 0 saturated heterocycles.